The Morgan fingerprint density at radius 1 is 0.370 bits per heavy atom. The molecule has 0 aliphatic heterocycles. The van der Waals surface area contributed by atoms with E-state index in [0.29, 0.717) is 17.8 Å². The molecule has 0 N–H and O–H groups in total. The Labute approximate surface area is 428 Å². The van der Waals surface area contributed by atoms with Gasteiger partial charge in [0.2, 0.25) is 0 Å². The number of rotatable bonds is 6. The highest BCUT2D eigenvalue weighted by molar-refractivity contribution is 6.06. The van der Waals surface area contributed by atoms with Crippen LogP contribution in [0.4, 0.5) is 17.1 Å². The van der Waals surface area contributed by atoms with Gasteiger partial charge in [0.15, 0.2) is 0 Å². The Balaban J connectivity index is 0.925. The van der Waals surface area contributed by atoms with Gasteiger partial charge < -0.3 is 9.32 Å². The highest BCUT2D eigenvalue weighted by atomic mass is 16.3. The van der Waals surface area contributed by atoms with Gasteiger partial charge in [-0.15, -0.1) is 0 Å². The van der Waals surface area contributed by atoms with E-state index in [1.54, 1.807) is 5.56 Å². The fourth-order valence-electron chi connectivity index (χ4n) is 15.0. The van der Waals surface area contributed by atoms with Crippen LogP contribution >= 0.6 is 0 Å². The summed E-state index contributed by atoms with van der Waals surface area (Å²) in [4.78, 5) is 2.52. The van der Waals surface area contributed by atoms with Crippen LogP contribution in [0.15, 0.2) is 241 Å². The summed E-state index contributed by atoms with van der Waals surface area (Å²) in [7, 11) is 0. The van der Waals surface area contributed by atoms with Gasteiger partial charge in [0.1, 0.15) is 11.2 Å². The molecule has 350 valence electrons. The standard InChI is InChI=1S/C71H55NO/c1-46-42-53-16-13-17-54(43-46)70(53)64-23-10-11-24-65(64)71(62-21-8-5-18-58(62)59-19-6-9-22-63(59)71)66-41-39-57(45-67(66)70)72(55-35-30-50(31-36-55)49-28-26-48(27-29-49)47-14-3-2-4-15-47)56-37-32-51(33-38-56)52-34-40-61-60-20-7-12-25-68(60)73-69(61)44-52/h2-12,14-15,18-41,44-46,53-54H,13,16-17,42-43H2,1H3/t46-,53-,54+,70?. The van der Waals surface area contributed by atoms with E-state index < -0.39 is 5.41 Å². The molecule has 2 heteroatoms. The molecule has 0 radical (unpaired) electrons. The maximum Gasteiger partial charge on any atom is 0.136 e. The van der Waals surface area contributed by atoms with Crippen LogP contribution in [0.25, 0.3) is 66.4 Å². The van der Waals surface area contributed by atoms with E-state index in [9.17, 15) is 0 Å². The van der Waals surface area contributed by atoms with Crippen LogP contribution in [0.2, 0.25) is 0 Å². The van der Waals surface area contributed by atoms with Crippen molar-refractivity contribution in [1.29, 1.82) is 0 Å². The van der Waals surface area contributed by atoms with Crippen LogP contribution in [0, 0.1) is 17.8 Å². The number of anilines is 3. The minimum absolute atomic E-state index is 0.106. The highest BCUT2D eigenvalue weighted by Gasteiger charge is 2.62. The lowest BCUT2D eigenvalue weighted by atomic mass is 9.42. The van der Waals surface area contributed by atoms with Crippen molar-refractivity contribution in [3.63, 3.8) is 0 Å². The van der Waals surface area contributed by atoms with Gasteiger partial charge in [-0.1, -0.05) is 195 Å². The molecule has 2 spiro atoms. The molecule has 1 heterocycles. The van der Waals surface area contributed by atoms with Crippen molar-refractivity contribution in [2.24, 2.45) is 17.8 Å². The minimum atomic E-state index is -0.439. The van der Waals surface area contributed by atoms with Crippen molar-refractivity contribution in [2.75, 3.05) is 4.90 Å². The Kier molecular flexibility index (Phi) is 9.55. The second-order valence-electron chi connectivity index (χ2n) is 21.6. The first-order valence-corrected chi connectivity index (χ1v) is 26.6. The number of benzene rings is 10. The summed E-state index contributed by atoms with van der Waals surface area (Å²) >= 11 is 0. The summed E-state index contributed by atoms with van der Waals surface area (Å²) in [5.74, 6) is 1.82. The number of para-hydroxylation sites is 1. The third-order valence-corrected chi connectivity index (χ3v) is 17.9. The van der Waals surface area contributed by atoms with Gasteiger partial charge in [-0.3, -0.25) is 0 Å². The molecule has 11 aromatic rings. The smallest absolute Gasteiger partial charge is 0.136 e. The molecule has 73 heavy (non-hydrogen) atoms. The van der Waals surface area contributed by atoms with Crippen molar-refractivity contribution in [2.45, 2.75) is 49.9 Å². The fraction of sp³-hybridized carbons (Fsp3) is 0.155. The fourth-order valence-corrected chi connectivity index (χ4v) is 15.0. The predicted octanol–water partition coefficient (Wildman–Crippen LogP) is 18.9. The van der Waals surface area contributed by atoms with E-state index in [1.165, 1.54) is 99.0 Å². The normalized spacial score (nSPS) is 19.9. The van der Waals surface area contributed by atoms with Gasteiger partial charge in [0.25, 0.3) is 0 Å². The van der Waals surface area contributed by atoms with Crippen LogP contribution in [0.1, 0.15) is 72.4 Å². The molecule has 2 saturated carbocycles. The minimum Gasteiger partial charge on any atom is -0.456 e. The number of hydrogen-bond acceptors (Lipinski definition) is 2. The lowest BCUT2D eigenvalue weighted by Gasteiger charge is -2.60. The van der Waals surface area contributed by atoms with E-state index in [0.717, 1.165) is 44.4 Å². The van der Waals surface area contributed by atoms with Crippen LogP contribution in [-0.2, 0) is 10.8 Å². The van der Waals surface area contributed by atoms with Gasteiger partial charge in [-0.05, 0) is 176 Å². The van der Waals surface area contributed by atoms with E-state index in [4.69, 9.17) is 4.42 Å². The van der Waals surface area contributed by atoms with Crippen LogP contribution in [0.5, 0.6) is 0 Å². The van der Waals surface area contributed by atoms with Crippen molar-refractivity contribution in [3.8, 4) is 44.5 Å². The molecule has 4 aliphatic rings. The van der Waals surface area contributed by atoms with Gasteiger partial charge in [0, 0.05) is 33.2 Å². The molecule has 1 aromatic heterocycles. The molecule has 4 atom stereocenters. The van der Waals surface area contributed by atoms with Crippen molar-refractivity contribution >= 4 is 39.0 Å². The third-order valence-electron chi connectivity index (χ3n) is 17.9. The first-order valence-electron chi connectivity index (χ1n) is 26.6. The predicted molar refractivity (Wildman–Crippen MR) is 302 cm³/mol. The Morgan fingerprint density at radius 2 is 0.836 bits per heavy atom. The molecule has 2 bridgehead atoms. The SMILES string of the molecule is C[C@@H]1C[C@H]2CCC[C@@H](C1)C21c2ccccc2C2(c3ccccc3-c3ccccc32)c2ccc(N(c3ccc(-c4ccc(-c5ccccc5)cc4)cc3)c3ccc(-c4ccc5c(c4)oc4ccccc45)cc3)cc21. The summed E-state index contributed by atoms with van der Waals surface area (Å²) in [6.07, 6.45) is 6.34. The summed E-state index contributed by atoms with van der Waals surface area (Å²) in [5, 5.41) is 2.30. The van der Waals surface area contributed by atoms with Crippen molar-refractivity contribution in [1.82, 2.24) is 0 Å². The molecule has 2 fully saturated rings. The van der Waals surface area contributed by atoms with Gasteiger partial charge in [-0.2, -0.15) is 0 Å². The molecule has 1 unspecified atom stereocenters. The Morgan fingerprint density at radius 3 is 1.48 bits per heavy atom. The molecule has 10 aromatic carbocycles. The molecular weight excluding hydrogens is 883 g/mol. The van der Waals surface area contributed by atoms with E-state index in [2.05, 4.69) is 242 Å². The van der Waals surface area contributed by atoms with Gasteiger partial charge in [-0.25, -0.2) is 0 Å². The molecular formula is C71H55NO. The first kappa shape index (κ1) is 42.5. The summed E-state index contributed by atoms with van der Waals surface area (Å²) in [6, 6.07) is 89.1. The van der Waals surface area contributed by atoms with Crippen molar-refractivity contribution < 1.29 is 4.42 Å². The first-order chi connectivity index (χ1) is 36.1. The van der Waals surface area contributed by atoms with Crippen LogP contribution in [-0.4, -0.2) is 0 Å². The largest absolute Gasteiger partial charge is 0.456 e. The Bertz CT molecular complexity index is 3860. The average molecular weight is 938 g/mol. The lowest BCUT2D eigenvalue weighted by Crippen LogP contribution is -2.55. The number of nitrogens with zero attached hydrogens (tertiary/aromatic N) is 1. The van der Waals surface area contributed by atoms with Crippen LogP contribution in [0.3, 0.4) is 0 Å². The maximum atomic E-state index is 6.37. The third kappa shape index (κ3) is 6.23. The average Bonchev–Trinajstić information content (AvgIpc) is 3.97. The Hall–Kier alpha value is -8.20. The molecule has 4 aliphatic carbocycles. The number of fused-ring (bicyclic) bond motifs is 12. The van der Waals surface area contributed by atoms with Crippen LogP contribution < -0.4 is 4.90 Å². The van der Waals surface area contributed by atoms with Gasteiger partial charge >= 0.3 is 0 Å². The maximum absolute atomic E-state index is 6.37. The van der Waals surface area contributed by atoms with Gasteiger partial charge in [0.05, 0.1) is 5.41 Å². The zero-order valence-corrected chi connectivity index (χ0v) is 41.1. The molecule has 15 rings (SSSR count). The topological polar surface area (TPSA) is 16.4 Å². The molecule has 0 amide bonds. The second-order valence-corrected chi connectivity index (χ2v) is 21.6. The quantitative estimate of drug-likeness (QED) is 0.165. The summed E-state index contributed by atoms with van der Waals surface area (Å²) in [6.45, 7) is 2.52. The zero-order chi connectivity index (χ0) is 48.3. The monoisotopic (exact) mass is 937 g/mol. The zero-order valence-electron chi connectivity index (χ0n) is 41.1. The van der Waals surface area contributed by atoms with Crippen molar-refractivity contribution in [3.05, 3.63) is 270 Å². The number of hydrogen-bond donors (Lipinski definition) is 0. The molecule has 2 nitrogen and oxygen atoms in total. The van der Waals surface area contributed by atoms with E-state index in [1.807, 2.05) is 6.07 Å². The molecule has 0 saturated heterocycles. The highest BCUT2D eigenvalue weighted by Crippen LogP contribution is 2.69. The summed E-state index contributed by atoms with van der Waals surface area (Å²) < 4.78 is 6.37. The second kappa shape index (κ2) is 16.4. The lowest BCUT2D eigenvalue weighted by molar-refractivity contribution is 0.0495. The van der Waals surface area contributed by atoms with E-state index in [-0.39, 0.29) is 5.41 Å². The summed E-state index contributed by atoms with van der Waals surface area (Å²) in [5.41, 5.74) is 23.5. The van der Waals surface area contributed by atoms with E-state index >= 15 is 0 Å². The number of furan rings is 1.